The monoisotopic (exact) mass is 254 g/mol. The van der Waals surface area contributed by atoms with Crippen molar-refractivity contribution < 1.29 is 9.59 Å². The number of amides is 1. The van der Waals surface area contributed by atoms with Crippen molar-refractivity contribution >= 4 is 17.9 Å². The van der Waals surface area contributed by atoms with Crippen molar-refractivity contribution in [3.05, 3.63) is 58.9 Å². The first-order valence-corrected chi connectivity index (χ1v) is 5.90. The van der Waals surface area contributed by atoms with Crippen LogP contribution < -0.4 is 5.32 Å². The molecule has 1 N–H and O–H groups in total. The van der Waals surface area contributed by atoms with Crippen molar-refractivity contribution in [1.82, 2.24) is 4.98 Å². The van der Waals surface area contributed by atoms with Crippen molar-refractivity contribution in [1.29, 1.82) is 0 Å². The first kappa shape index (κ1) is 13.0. The third-order valence-electron chi connectivity index (χ3n) is 2.82. The minimum absolute atomic E-state index is 0.237. The second kappa shape index (κ2) is 5.44. The number of anilines is 1. The highest BCUT2D eigenvalue weighted by Gasteiger charge is 2.08. The largest absolute Gasteiger partial charge is 0.322 e. The van der Waals surface area contributed by atoms with E-state index in [0.29, 0.717) is 16.8 Å². The van der Waals surface area contributed by atoms with E-state index in [2.05, 4.69) is 10.3 Å². The number of hydrogen-bond donors (Lipinski definition) is 1. The minimum atomic E-state index is -0.237. The van der Waals surface area contributed by atoms with Gasteiger partial charge in [-0.1, -0.05) is 12.1 Å². The van der Waals surface area contributed by atoms with Crippen molar-refractivity contribution in [2.45, 2.75) is 13.8 Å². The Balaban J connectivity index is 2.23. The topological polar surface area (TPSA) is 59.1 Å². The number of benzene rings is 1. The van der Waals surface area contributed by atoms with Gasteiger partial charge in [0.05, 0.1) is 5.56 Å². The van der Waals surface area contributed by atoms with Gasteiger partial charge in [0.15, 0.2) is 0 Å². The van der Waals surface area contributed by atoms with Gasteiger partial charge in [0.1, 0.15) is 6.29 Å². The number of hydrogen-bond acceptors (Lipinski definition) is 3. The molecule has 1 amide bonds. The Hall–Kier alpha value is -2.49. The Labute approximate surface area is 111 Å². The average molecular weight is 254 g/mol. The number of aryl methyl sites for hydroxylation is 2. The second-order valence-electron chi connectivity index (χ2n) is 4.33. The zero-order chi connectivity index (χ0) is 13.8. The summed E-state index contributed by atoms with van der Waals surface area (Å²) in [5, 5.41) is 2.78. The molecule has 0 unspecified atom stereocenters. The van der Waals surface area contributed by atoms with E-state index in [4.69, 9.17) is 0 Å². The van der Waals surface area contributed by atoms with Crippen LogP contribution in [0.3, 0.4) is 0 Å². The molecule has 2 rings (SSSR count). The molecular weight excluding hydrogens is 240 g/mol. The highest BCUT2D eigenvalue weighted by Crippen LogP contribution is 2.17. The molecule has 19 heavy (non-hydrogen) atoms. The zero-order valence-electron chi connectivity index (χ0n) is 10.8. The van der Waals surface area contributed by atoms with E-state index in [1.165, 1.54) is 6.20 Å². The second-order valence-corrected chi connectivity index (χ2v) is 4.33. The van der Waals surface area contributed by atoms with Gasteiger partial charge in [-0.25, -0.2) is 0 Å². The van der Waals surface area contributed by atoms with E-state index in [0.717, 1.165) is 17.5 Å². The molecule has 0 spiro atoms. The summed E-state index contributed by atoms with van der Waals surface area (Å²) in [5.74, 6) is -0.237. The average Bonchev–Trinajstić information content (AvgIpc) is 2.42. The van der Waals surface area contributed by atoms with Crippen molar-refractivity contribution in [2.75, 3.05) is 5.32 Å². The van der Waals surface area contributed by atoms with E-state index in [1.54, 1.807) is 30.3 Å². The molecule has 0 radical (unpaired) electrons. The van der Waals surface area contributed by atoms with Gasteiger partial charge in [-0.2, -0.15) is 0 Å². The van der Waals surface area contributed by atoms with Crippen LogP contribution in [0.5, 0.6) is 0 Å². The molecule has 0 aliphatic carbocycles. The summed E-state index contributed by atoms with van der Waals surface area (Å²) in [5.41, 5.74) is 3.41. The van der Waals surface area contributed by atoms with Crippen LogP contribution in [-0.2, 0) is 0 Å². The number of aromatic nitrogens is 1. The quantitative estimate of drug-likeness (QED) is 0.857. The number of aldehydes is 1. The molecule has 1 heterocycles. The summed E-state index contributed by atoms with van der Waals surface area (Å²) < 4.78 is 0. The maximum absolute atomic E-state index is 12.0. The number of pyridine rings is 1. The van der Waals surface area contributed by atoms with E-state index in [-0.39, 0.29) is 5.91 Å². The SMILES string of the molecule is Cc1ccc(C(=O)Nc2cc(C=O)ccc2C)cn1. The van der Waals surface area contributed by atoms with Crippen LogP contribution in [0.4, 0.5) is 5.69 Å². The number of nitrogens with one attached hydrogen (secondary N) is 1. The van der Waals surface area contributed by atoms with Crippen LogP contribution in [0.2, 0.25) is 0 Å². The lowest BCUT2D eigenvalue weighted by molar-refractivity contribution is 0.102. The Morgan fingerprint density at radius 1 is 1.21 bits per heavy atom. The molecule has 4 heteroatoms. The van der Waals surface area contributed by atoms with Crippen LogP contribution in [0, 0.1) is 13.8 Å². The Morgan fingerprint density at radius 3 is 2.63 bits per heavy atom. The zero-order valence-corrected chi connectivity index (χ0v) is 10.8. The smallest absolute Gasteiger partial charge is 0.257 e. The predicted molar refractivity (Wildman–Crippen MR) is 73.5 cm³/mol. The molecule has 0 bridgehead atoms. The molecule has 0 atom stereocenters. The van der Waals surface area contributed by atoms with Gasteiger partial charge in [-0.15, -0.1) is 0 Å². The summed E-state index contributed by atoms with van der Waals surface area (Å²) >= 11 is 0. The van der Waals surface area contributed by atoms with Gasteiger partial charge in [0.25, 0.3) is 5.91 Å². The van der Waals surface area contributed by atoms with Gasteiger partial charge in [-0.3, -0.25) is 14.6 Å². The highest BCUT2D eigenvalue weighted by molar-refractivity contribution is 6.04. The fourth-order valence-electron chi connectivity index (χ4n) is 1.64. The van der Waals surface area contributed by atoms with Crippen molar-refractivity contribution in [2.24, 2.45) is 0 Å². The molecule has 96 valence electrons. The maximum atomic E-state index is 12.0. The molecule has 1 aromatic heterocycles. The Bertz CT molecular complexity index is 619. The Morgan fingerprint density at radius 2 is 2.00 bits per heavy atom. The lowest BCUT2D eigenvalue weighted by Crippen LogP contribution is -2.13. The Kier molecular flexibility index (Phi) is 3.71. The van der Waals surface area contributed by atoms with Crippen LogP contribution in [0.25, 0.3) is 0 Å². The minimum Gasteiger partial charge on any atom is -0.322 e. The predicted octanol–water partition coefficient (Wildman–Crippen LogP) is 2.76. The summed E-state index contributed by atoms with van der Waals surface area (Å²) in [6.45, 7) is 3.73. The van der Waals surface area contributed by atoms with Crippen LogP contribution >= 0.6 is 0 Å². The van der Waals surface area contributed by atoms with Gasteiger partial charge in [0.2, 0.25) is 0 Å². The number of carbonyl (C=O) groups excluding carboxylic acids is 2. The van der Waals surface area contributed by atoms with Crippen molar-refractivity contribution in [3.63, 3.8) is 0 Å². The molecule has 0 aliphatic heterocycles. The third kappa shape index (κ3) is 3.04. The number of carbonyl (C=O) groups is 2. The van der Waals surface area contributed by atoms with Gasteiger partial charge in [0, 0.05) is 23.1 Å². The number of rotatable bonds is 3. The molecule has 0 saturated carbocycles. The third-order valence-corrected chi connectivity index (χ3v) is 2.82. The summed E-state index contributed by atoms with van der Waals surface area (Å²) in [7, 11) is 0. The van der Waals surface area contributed by atoms with Crippen LogP contribution in [-0.4, -0.2) is 17.2 Å². The van der Waals surface area contributed by atoms with Gasteiger partial charge in [-0.05, 0) is 37.6 Å². The summed E-state index contributed by atoms with van der Waals surface area (Å²) in [4.78, 5) is 26.9. The normalized spacial score (nSPS) is 10.0. The van der Waals surface area contributed by atoms with E-state index >= 15 is 0 Å². The molecular formula is C15H14N2O2. The maximum Gasteiger partial charge on any atom is 0.257 e. The molecule has 1 aromatic carbocycles. The van der Waals surface area contributed by atoms with Crippen LogP contribution in [0.15, 0.2) is 36.5 Å². The number of nitrogens with zero attached hydrogens (tertiary/aromatic N) is 1. The molecule has 0 saturated heterocycles. The lowest BCUT2D eigenvalue weighted by Gasteiger charge is -2.09. The van der Waals surface area contributed by atoms with Crippen LogP contribution in [0.1, 0.15) is 32.0 Å². The molecule has 0 aliphatic rings. The fourth-order valence-corrected chi connectivity index (χ4v) is 1.64. The standard InChI is InChI=1S/C15H14N2O2/c1-10-3-5-12(9-18)7-14(10)17-15(19)13-6-4-11(2)16-8-13/h3-9H,1-2H3,(H,17,19). The molecule has 2 aromatic rings. The van der Waals surface area contributed by atoms with E-state index in [9.17, 15) is 9.59 Å². The summed E-state index contributed by atoms with van der Waals surface area (Å²) in [6.07, 6.45) is 2.28. The van der Waals surface area contributed by atoms with Gasteiger partial charge < -0.3 is 5.32 Å². The lowest BCUT2D eigenvalue weighted by atomic mass is 10.1. The molecule has 0 fully saturated rings. The highest BCUT2D eigenvalue weighted by atomic mass is 16.1. The van der Waals surface area contributed by atoms with Gasteiger partial charge >= 0.3 is 0 Å². The first-order valence-electron chi connectivity index (χ1n) is 5.90. The van der Waals surface area contributed by atoms with E-state index < -0.39 is 0 Å². The molecule has 4 nitrogen and oxygen atoms in total. The van der Waals surface area contributed by atoms with Crippen molar-refractivity contribution in [3.8, 4) is 0 Å². The first-order chi connectivity index (χ1) is 9.10. The summed E-state index contributed by atoms with van der Waals surface area (Å²) in [6, 6.07) is 8.67. The fraction of sp³-hybridized carbons (Fsp3) is 0.133. The van der Waals surface area contributed by atoms with E-state index in [1.807, 2.05) is 13.8 Å².